The standard InChI is InChI=1S/C18H22BrNS/c1-12(2)14-4-7-17(8-5-14)21-18-9-6-16(19)11-15(18)10-13(3)20/h4-9,11-13H,10,20H2,1-3H3. The summed E-state index contributed by atoms with van der Waals surface area (Å²) in [4.78, 5) is 2.56. The van der Waals surface area contributed by atoms with Gasteiger partial charge in [-0.2, -0.15) is 0 Å². The molecule has 2 rings (SSSR count). The molecule has 0 heterocycles. The quantitative estimate of drug-likeness (QED) is 0.746. The second-order valence-electron chi connectivity index (χ2n) is 5.76. The van der Waals surface area contributed by atoms with E-state index in [-0.39, 0.29) is 6.04 Å². The van der Waals surface area contributed by atoms with Gasteiger partial charge >= 0.3 is 0 Å². The molecule has 0 aromatic heterocycles. The molecule has 0 radical (unpaired) electrons. The second kappa shape index (κ2) is 7.48. The van der Waals surface area contributed by atoms with Crippen LogP contribution in [-0.2, 0) is 6.42 Å². The van der Waals surface area contributed by atoms with E-state index < -0.39 is 0 Å². The second-order valence-corrected chi connectivity index (χ2v) is 7.79. The van der Waals surface area contributed by atoms with Crippen LogP contribution in [0.15, 0.2) is 56.7 Å². The molecule has 0 aliphatic rings. The Bertz CT molecular complexity index is 591. The summed E-state index contributed by atoms with van der Waals surface area (Å²) in [6.45, 7) is 6.49. The van der Waals surface area contributed by atoms with Crippen molar-refractivity contribution in [2.24, 2.45) is 5.73 Å². The molecular formula is C18H22BrNS. The average molecular weight is 364 g/mol. The van der Waals surface area contributed by atoms with Gasteiger partial charge in [0.25, 0.3) is 0 Å². The summed E-state index contributed by atoms with van der Waals surface area (Å²) in [5, 5.41) is 0. The number of rotatable bonds is 5. The maximum Gasteiger partial charge on any atom is 0.0178 e. The molecule has 1 unspecified atom stereocenters. The highest BCUT2D eigenvalue weighted by molar-refractivity contribution is 9.10. The van der Waals surface area contributed by atoms with Gasteiger partial charge < -0.3 is 5.73 Å². The molecule has 0 spiro atoms. The number of nitrogens with two attached hydrogens (primary N) is 1. The van der Waals surface area contributed by atoms with Crippen molar-refractivity contribution in [1.82, 2.24) is 0 Å². The van der Waals surface area contributed by atoms with Crippen molar-refractivity contribution >= 4 is 27.7 Å². The summed E-state index contributed by atoms with van der Waals surface area (Å²) in [7, 11) is 0. The van der Waals surface area contributed by atoms with Crippen LogP contribution in [-0.4, -0.2) is 6.04 Å². The zero-order chi connectivity index (χ0) is 15.4. The van der Waals surface area contributed by atoms with E-state index in [2.05, 4.69) is 72.2 Å². The predicted molar refractivity (Wildman–Crippen MR) is 96.1 cm³/mol. The lowest BCUT2D eigenvalue weighted by molar-refractivity contribution is 0.729. The minimum absolute atomic E-state index is 0.168. The molecule has 1 nitrogen and oxygen atoms in total. The molecule has 2 aromatic rings. The first-order chi connectivity index (χ1) is 9.95. The largest absolute Gasteiger partial charge is 0.328 e. The first kappa shape index (κ1) is 16.6. The van der Waals surface area contributed by atoms with E-state index in [1.165, 1.54) is 20.9 Å². The van der Waals surface area contributed by atoms with E-state index in [0.717, 1.165) is 10.9 Å². The van der Waals surface area contributed by atoms with Crippen molar-refractivity contribution in [2.75, 3.05) is 0 Å². The summed E-state index contributed by atoms with van der Waals surface area (Å²) in [5.74, 6) is 0.574. The molecule has 3 heteroatoms. The van der Waals surface area contributed by atoms with Crippen molar-refractivity contribution in [3.05, 3.63) is 58.1 Å². The number of benzene rings is 2. The molecule has 0 fully saturated rings. The van der Waals surface area contributed by atoms with Gasteiger partial charge in [0.05, 0.1) is 0 Å². The summed E-state index contributed by atoms with van der Waals surface area (Å²) >= 11 is 5.36. The maximum atomic E-state index is 5.97. The van der Waals surface area contributed by atoms with Crippen LogP contribution in [0.25, 0.3) is 0 Å². The highest BCUT2D eigenvalue weighted by atomic mass is 79.9. The molecule has 2 N–H and O–H groups in total. The Morgan fingerprint density at radius 1 is 1.05 bits per heavy atom. The Hall–Kier alpha value is -0.770. The number of halogens is 1. The van der Waals surface area contributed by atoms with E-state index >= 15 is 0 Å². The summed E-state index contributed by atoms with van der Waals surface area (Å²) in [6.07, 6.45) is 0.895. The minimum atomic E-state index is 0.168. The fourth-order valence-electron chi connectivity index (χ4n) is 2.20. The van der Waals surface area contributed by atoms with Gasteiger partial charge in [0, 0.05) is 20.3 Å². The zero-order valence-electron chi connectivity index (χ0n) is 12.8. The van der Waals surface area contributed by atoms with Crippen molar-refractivity contribution in [2.45, 2.75) is 48.9 Å². The third-order valence-corrected chi connectivity index (χ3v) is 4.96. The topological polar surface area (TPSA) is 26.0 Å². The van der Waals surface area contributed by atoms with E-state index in [9.17, 15) is 0 Å². The fourth-order valence-corrected chi connectivity index (χ4v) is 3.55. The summed E-state index contributed by atoms with van der Waals surface area (Å²) in [6, 6.07) is 15.5. The molecule has 2 aromatic carbocycles. The lowest BCUT2D eigenvalue weighted by Gasteiger charge is -2.13. The molecule has 21 heavy (non-hydrogen) atoms. The monoisotopic (exact) mass is 363 g/mol. The molecule has 0 saturated carbocycles. The molecule has 0 bridgehead atoms. The first-order valence-corrected chi connectivity index (χ1v) is 8.88. The predicted octanol–water partition coefficient (Wildman–Crippen LogP) is 5.61. The van der Waals surface area contributed by atoms with E-state index in [4.69, 9.17) is 5.73 Å². The van der Waals surface area contributed by atoms with Crippen molar-refractivity contribution < 1.29 is 0 Å². The van der Waals surface area contributed by atoms with Gasteiger partial charge in [-0.15, -0.1) is 0 Å². The highest BCUT2D eigenvalue weighted by Gasteiger charge is 2.08. The smallest absolute Gasteiger partial charge is 0.0178 e. The summed E-state index contributed by atoms with van der Waals surface area (Å²) in [5.41, 5.74) is 8.65. The van der Waals surface area contributed by atoms with Crippen molar-refractivity contribution in [1.29, 1.82) is 0 Å². The highest BCUT2D eigenvalue weighted by Crippen LogP contribution is 2.33. The van der Waals surface area contributed by atoms with Gasteiger partial charge in [0.15, 0.2) is 0 Å². The molecule has 112 valence electrons. The lowest BCUT2D eigenvalue weighted by atomic mass is 10.0. The Labute approximate surface area is 140 Å². The average Bonchev–Trinajstić information content (AvgIpc) is 2.42. The zero-order valence-corrected chi connectivity index (χ0v) is 15.2. The Morgan fingerprint density at radius 2 is 1.71 bits per heavy atom. The Kier molecular flexibility index (Phi) is 5.91. The molecular weight excluding hydrogens is 342 g/mol. The molecule has 0 saturated heterocycles. The first-order valence-electron chi connectivity index (χ1n) is 7.27. The SMILES string of the molecule is CC(N)Cc1cc(Br)ccc1Sc1ccc(C(C)C)cc1. The van der Waals surface area contributed by atoms with Crippen LogP contribution < -0.4 is 5.73 Å². The van der Waals surface area contributed by atoms with Gasteiger partial charge in [0.2, 0.25) is 0 Å². The van der Waals surface area contributed by atoms with Gasteiger partial charge in [-0.05, 0) is 60.7 Å². The fraction of sp³-hybridized carbons (Fsp3) is 0.333. The van der Waals surface area contributed by atoms with Gasteiger partial charge in [0.1, 0.15) is 0 Å². The maximum absolute atomic E-state index is 5.97. The minimum Gasteiger partial charge on any atom is -0.328 e. The third kappa shape index (κ3) is 4.87. The molecule has 0 aliphatic heterocycles. The molecule has 1 atom stereocenters. The van der Waals surface area contributed by atoms with Crippen molar-refractivity contribution in [3.8, 4) is 0 Å². The third-order valence-electron chi connectivity index (χ3n) is 3.34. The van der Waals surface area contributed by atoms with Crippen LogP contribution in [0.4, 0.5) is 0 Å². The van der Waals surface area contributed by atoms with Gasteiger partial charge in [-0.25, -0.2) is 0 Å². The van der Waals surface area contributed by atoms with E-state index in [1.807, 2.05) is 18.7 Å². The number of hydrogen-bond donors (Lipinski definition) is 1. The van der Waals surface area contributed by atoms with Crippen LogP contribution in [0.2, 0.25) is 0 Å². The Balaban J connectivity index is 2.22. The summed E-state index contributed by atoms with van der Waals surface area (Å²) < 4.78 is 1.11. The van der Waals surface area contributed by atoms with Crippen LogP contribution in [0, 0.1) is 0 Å². The van der Waals surface area contributed by atoms with Gasteiger partial charge in [-0.1, -0.05) is 53.7 Å². The molecule has 0 amide bonds. The van der Waals surface area contributed by atoms with Crippen LogP contribution in [0.3, 0.4) is 0 Å². The van der Waals surface area contributed by atoms with Gasteiger partial charge in [-0.3, -0.25) is 0 Å². The number of hydrogen-bond acceptors (Lipinski definition) is 2. The van der Waals surface area contributed by atoms with Crippen LogP contribution in [0.1, 0.15) is 37.8 Å². The lowest BCUT2D eigenvalue weighted by Crippen LogP contribution is -2.18. The van der Waals surface area contributed by atoms with E-state index in [1.54, 1.807) is 0 Å². The normalized spacial score (nSPS) is 12.7. The van der Waals surface area contributed by atoms with Crippen LogP contribution >= 0.6 is 27.7 Å². The Morgan fingerprint density at radius 3 is 2.29 bits per heavy atom. The van der Waals surface area contributed by atoms with E-state index in [0.29, 0.717) is 5.92 Å². The van der Waals surface area contributed by atoms with Crippen molar-refractivity contribution in [3.63, 3.8) is 0 Å². The van der Waals surface area contributed by atoms with Crippen LogP contribution in [0.5, 0.6) is 0 Å². The molecule has 0 aliphatic carbocycles.